The highest BCUT2D eigenvalue weighted by Gasteiger charge is 2.15. The van der Waals surface area contributed by atoms with Crippen LogP contribution in [0.25, 0.3) is 10.9 Å². The van der Waals surface area contributed by atoms with Crippen molar-refractivity contribution in [3.8, 4) is 11.5 Å². The SMILES string of the molecule is CC(C)(C)c1cccc(NC(=O)c2cnc3ccc(Oc4ccnc(C5=NCCN5)c4)cc3c2)c1. The fourth-order valence-corrected chi connectivity index (χ4v) is 3.87. The van der Waals surface area contributed by atoms with Crippen LogP contribution in [0.1, 0.15) is 42.4 Å². The maximum absolute atomic E-state index is 13.0. The molecule has 0 spiro atoms. The Labute approximate surface area is 204 Å². The van der Waals surface area contributed by atoms with Gasteiger partial charge >= 0.3 is 0 Å². The first kappa shape index (κ1) is 22.5. The average molecular weight is 466 g/mol. The van der Waals surface area contributed by atoms with Crippen molar-refractivity contribution >= 4 is 28.3 Å². The van der Waals surface area contributed by atoms with E-state index in [1.165, 1.54) is 0 Å². The summed E-state index contributed by atoms with van der Waals surface area (Å²) >= 11 is 0. The van der Waals surface area contributed by atoms with Crippen LogP contribution in [0.2, 0.25) is 0 Å². The number of fused-ring (bicyclic) bond motifs is 1. The number of carbonyl (C=O) groups is 1. The maximum atomic E-state index is 13.0. The molecule has 35 heavy (non-hydrogen) atoms. The number of ether oxygens (including phenoxy) is 1. The first-order valence-corrected chi connectivity index (χ1v) is 11.6. The molecule has 4 aromatic rings. The number of anilines is 1. The summed E-state index contributed by atoms with van der Waals surface area (Å²) in [6.45, 7) is 8.00. The molecule has 5 rings (SSSR count). The zero-order valence-electron chi connectivity index (χ0n) is 20.0. The molecule has 2 aromatic carbocycles. The second-order valence-electron chi connectivity index (χ2n) is 9.50. The van der Waals surface area contributed by atoms with E-state index < -0.39 is 0 Å². The molecule has 0 unspecified atom stereocenters. The summed E-state index contributed by atoms with van der Waals surface area (Å²) < 4.78 is 6.08. The highest BCUT2D eigenvalue weighted by atomic mass is 16.5. The lowest BCUT2D eigenvalue weighted by Gasteiger charge is -2.19. The number of aromatic nitrogens is 2. The van der Waals surface area contributed by atoms with E-state index in [0.717, 1.165) is 46.8 Å². The lowest BCUT2D eigenvalue weighted by Crippen LogP contribution is -2.20. The highest BCUT2D eigenvalue weighted by molar-refractivity contribution is 6.06. The molecule has 0 aliphatic carbocycles. The summed E-state index contributed by atoms with van der Waals surface area (Å²) in [6.07, 6.45) is 3.29. The van der Waals surface area contributed by atoms with Crippen LogP contribution >= 0.6 is 0 Å². The average Bonchev–Trinajstić information content (AvgIpc) is 3.39. The van der Waals surface area contributed by atoms with Crippen LogP contribution in [-0.4, -0.2) is 34.8 Å². The van der Waals surface area contributed by atoms with Gasteiger partial charge in [-0.25, -0.2) is 0 Å². The van der Waals surface area contributed by atoms with Gasteiger partial charge in [0.25, 0.3) is 5.91 Å². The lowest BCUT2D eigenvalue weighted by molar-refractivity contribution is 0.102. The number of amidine groups is 1. The molecule has 7 heteroatoms. The third-order valence-corrected chi connectivity index (χ3v) is 5.79. The van der Waals surface area contributed by atoms with Gasteiger partial charge in [0.05, 0.1) is 17.6 Å². The van der Waals surface area contributed by atoms with E-state index in [2.05, 4.69) is 52.4 Å². The van der Waals surface area contributed by atoms with Gasteiger partial charge in [-0.3, -0.25) is 19.8 Å². The Morgan fingerprint density at radius 3 is 2.66 bits per heavy atom. The van der Waals surface area contributed by atoms with E-state index in [1.54, 1.807) is 18.5 Å². The van der Waals surface area contributed by atoms with Gasteiger partial charge in [0, 0.05) is 36.1 Å². The standard InChI is InChI=1S/C28H27N5O2/c1-28(2,3)20-5-4-6-21(15-20)33-27(34)19-13-18-14-22(7-8-24(18)32-17-19)35-23-9-10-29-25(16-23)26-30-11-12-31-26/h4-10,13-17H,11-12H2,1-3H3,(H,30,31)(H,33,34). The summed E-state index contributed by atoms with van der Waals surface area (Å²) in [7, 11) is 0. The Morgan fingerprint density at radius 2 is 1.86 bits per heavy atom. The maximum Gasteiger partial charge on any atom is 0.257 e. The van der Waals surface area contributed by atoms with Crippen LogP contribution in [0.4, 0.5) is 5.69 Å². The number of nitrogens with zero attached hydrogens (tertiary/aromatic N) is 3. The summed E-state index contributed by atoms with van der Waals surface area (Å²) in [4.78, 5) is 26.2. The normalized spacial score (nSPS) is 13.3. The van der Waals surface area contributed by atoms with Crippen molar-refractivity contribution in [1.29, 1.82) is 0 Å². The van der Waals surface area contributed by atoms with E-state index in [0.29, 0.717) is 17.1 Å². The van der Waals surface area contributed by atoms with E-state index in [-0.39, 0.29) is 11.3 Å². The molecular formula is C28H27N5O2. The van der Waals surface area contributed by atoms with Crippen LogP contribution in [0.15, 0.2) is 78.0 Å². The van der Waals surface area contributed by atoms with Gasteiger partial charge < -0.3 is 15.4 Å². The van der Waals surface area contributed by atoms with Crippen molar-refractivity contribution in [2.75, 3.05) is 18.4 Å². The molecule has 0 saturated heterocycles. The summed E-state index contributed by atoms with van der Waals surface area (Å²) in [6, 6.07) is 19.0. The van der Waals surface area contributed by atoms with Crippen LogP contribution in [0, 0.1) is 0 Å². The second kappa shape index (κ2) is 9.18. The number of aliphatic imine (C=N–C) groups is 1. The van der Waals surface area contributed by atoms with E-state index in [9.17, 15) is 4.79 Å². The molecule has 0 fully saturated rings. The predicted molar refractivity (Wildman–Crippen MR) is 139 cm³/mol. The van der Waals surface area contributed by atoms with Crippen LogP contribution < -0.4 is 15.4 Å². The minimum Gasteiger partial charge on any atom is -0.457 e. The Bertz CT molecular complexity index is 1440. The molecule has 1 amide bonds. The second-order valence-corrected chi connectivity index (χ2v) is 9.50. The Morgan fingerprint density at radius 1 is 1.00 bits per heavy atom. The fraction of sp³-hybridized carbons (Fsp3) is 0.214. The van der Waals surface area contributed by atoms with E-state index in [4.69, 9.17) is 4.74 Å². The van der Waals surface area contributed by atoms with Gasteiger partial charge in [0.15, 0.2) is 0 Å². The zero-order valence-corrected chi connectivity index (χ0v) is 20.0. The van der Waals surface area contributed by atoms with Gasteiger partial charge in [-0.15, -0.1) is 0 Å². The van der Waals surface area contributed by atoms with Crippen LogP contribution in [-0.2, 0) is 5.41 Å². The number of nitrogens with one attached hydrogen (secondary N) is 2. The van der Waals surface area contributed by atoms with Crippen molar-refractivity contribution in [3.63, 3.8) is 0 Å². The molecule has 176 valence electrons. The summed E-state index contributed by atoms with van der Waals surface area (Å²) in [5.41, 5.74) is 3.92. The molecule has 2 N–H and O–H groups in total. The quantitative estimate of drug-likeness (QED) is 0.416. The minimum absolute atomic E-state index is 0.00169. The Hall–Kier alpha value is -4.26. The number of pyridine rings is 2. The number of carbonyl (C=O) groups excluding carboxylic acids is 1. The molecule has 7 nitrogen and oxygen atoms in total. The molecule has 2 aromatic heterocycles. The number of benzene rings is 2. The molecule has 3 heterocycles. The largest absolute Gasteiger partial charge is 0.457 e. The topological polar surface area (TPSA) is 88.5 Å². The lowest BCUT2D eigenvalue weighted by atomic mass is 9.87. The number of hydrogen-bond donors (Lipinski definition) is 2. The molecule has 1 aliphatic heterocycles. The van der Waals surface area contributed by atoms with Gasteiger partial charge in [0.2, 0.25) is 0 Å². The number of rotatable bonds is 5. The van der Waals surface area contributed by atoms with Gasteiger partial charge in [-0.05, 0) is 53.4 Å². The first-order valence-electron chi connectivity index (χ1n) is 11.6. The number of hydrogen-bond acceptors (Lipinski definition) is 6. The Balaban J connectivity index is 1.36. The minimum atomic E-state index is -0.208. The van der Waals surface area contributed by atoms with Crippen molar-refractivity contribution in [2.24, 2.45) is 4.99 Å². The van der Waals surface area contributed by atoms with Crippen molar-refractivity contribution in [2.45, 2.75) is 26.2 Å². The molecule has 0 radical (unpaired) electrons. The van der Waals surface area contributed by atoms with E-state index >= 15 is 0 Å². The Kier molecular flexibility index (Phi) is 5.91. The monoisotopic (exact) mass is 465 g/mol. The molecule has 0 atom stereocenters. The van der Waals surface area contributed by atoms with E-state index in [1.807, 2.05) is 48.5 Å². The van der Waals surface area contributed by atoms with Crippen LogP contribution in [0.5, 0.6) is 11.5 Å². The van der Waals surface area contributed by atoms with Gasteiger partial charge in [-0.1, -0.05) is 32.9 Å². The highest BCUT2D eigenvalue weighted by Crippen LogP contribution is 2.27. The molecule has 1 aliphatic rings. The third kappa shape index (κ3) is 5.14. The zero-order chi connectivity index (χ0) is 24.4. The van der Waals surface area contributed by atoms with Crippen molar-refractivity contribution in [3.05, 3.63) is 89.9 Å². The summed E-state index contributed by atoms with van der Waals surface area (Å²) in [5.74, 6) is 1.88. The van der Waals surface area contributed by atoms with Crippen molar-refractivity contribution < 1.29 is 9.53 Å². The van der Waals surface area contributed by atoms with Gasteiger partial charge in [0.1, 0.15) is 23.0 Å². The predicted octanol–water partition coefficient (Wildman–Crippen LogP) is 5.32. The smallest absolute Gasteiger partial charge is 0.257 e. The summed E-state index contributed by atoms with van der Waals surface area (Å²) in [5, 5.41) is 7.02. The van der Waals surface area contributed by atoms with Crippen molar-refractivity contribution in [1.82, 2.24) is 15.3 Å². The molecule has 0 saturated carbocycles. The third-order valence-electron chi connectivity index (χ3n) is 5.79. The molecular weight excluding hydrogens is 438 g/mol. The first-order chi connectivity index (χ1) is 16.8. The van der Waals surface area contributed by atoms with Crippen LogP contribution in [0.3, 0.4) is 0 Å². The fourth-order valence-electron chi connectivity index (χ4n) is 3.87. The van der Waals surface area contributed by atoms with Gasteiger partial charge in [-0.2, -0.15) is 0 Å². The number of amides is 1. The molecule has 0 bridgehead atoms.